The lowest BCUT2D eigenvalue weighted by Gasteiger charge is -2.08. The molecule has 1 aromatic heterocycles. The molecule has 0 spiro atoms. The molecule has 0 saturated heterocycles. The van der Waals surface area contributed by atoms with Crippen LogP contribution in [-0.4, -0.2) is 23.6 Å². The second-order valence-corrected chi connectivity index (χ2v) is 3.54. The number of anilines is 1. The zero-order valence-electron chi connectivity index (χ0n) is 9.10. The van der Waals surface area contributed by atoms with Gasteiger partial charge in [-0.15, -0.1) is 0 Å². The Morgan fingerprint density at radius 2 is 2.38 bits per heavy atom. The molecule has 5 nitrogen and oxygen atoms in total. The molecule has 16 heavy (non-hydrogen) atoms. The predicted molar refractivity (Wildman–Crippen MR) is 58.2 cm³/mol. The molecule has 0 atom stereocenters. The molecular formula is C11H14N2O3. The predicted octanol–water partition coefficient (Wildman–Crippen LogP) is 1.98. The second kappa shape index (κ2) is 4.83. The fraction of sp³-hybridized carbons (Fsp3) is 0.455. The van der Waals surface area contributed by atoms with E-state index in [1.54, 1.807) is 6.92 Å². The number of carbonyl (C=O) groups excluding carboxylic acids is 1. The highest BCUT2D eigenvalue weighted by Crippen LogP contribution is 2.16. The average molecular weight is 222 g/mol. The van der Waals surface area contributed by atoms with Crippen LogP contribution in [0.15, 0.2) is 22.8 Å². The average Bonchev–Trinajstić information content (AvgIpc) is 2.90. The molecule has 0 aliphatic heterocycles. The summed E-state index contributed by atoms with van der Waals surface area (Å²) < 4.78 is 9.95. The van der Waals surface area contributed by atoms with E-state index in [4.69, 9.17) is 9.15 Å². The van der Waals surface area contributed by atoms with Gasteiger partial charge in [-0.05, 0) is 19.8 Å². The molecule has 86 valence electrons. The molecule has 1 aliphatic carbocycles. The molecule has 0 amide bonds. The largest absolute Gasteiger partial charge is 0.461 e. The smallest absolute Gasteiger partial charge is 0.360 e. The van der Waals surface area contributed by atoms with Gasteiger partial charge in [0.05, 0.1) is 6.61 Å². The van der Waals surface area contributed by atoms with Crippen molar-refractivity contribution in [1.82, 2.24) is 4.98 Å². The third kappa shape index (κ3) is 2.42. The molecule has 1 aliphatic rings. The normalized spacial score (nSPS) is 15.3. The van der Waals surface area contributed by atoms with Crippen LogP contribution in [0.5, 0.6) is 0 Å². The minimum Gasteiger partial charge on any atom is -0.461 e. The first-order chi connectivity index (χ1) is 7.79. The highest BCUT2D eigenvalue weighted by molar-refractivity contribution is 5.87. The first kappa shape index (κ1) is 10.7. The van der Waals surface area contributed by atoms with E-state index in [9.17, 15) is 4.79 Å². The monoisotopic (exact) mass is 222 g/mol. The molecule has 0 radical (unpaired) electrons. The number of oxazole rings is 1. The van der Waals surface area contributed by atoms with Gasteiger partial charge in [0.15, 0.2) is 5.69 Å². The van der Waals surface area contributed by atoms with Crippen LogP contribution < -0.4 is 5.32 Å². The number of hydrogen-bond acceptors (Lipinski definition) is 5. The third-order valence-electron chi connectivity index (χ3n) is 2.32. The van der Waals surface area contributed by atoms with E-state index >= 15 is 0 Å². The SMILES string of the molecule is CCOC(=O)c1coc(NC2CC=CC2)n1. The fourth-order valence-electron chi connectivity index (χ4n) is 1.55. The molecule has 2 rings (SSSR count). The first-order valence-electron chi connectivity index (χ1n) is 5.33. The number of rotatable bonds is 4. The van der Waals surface area contributed by atoms with Crippen LogP contribution in [0.2, 0.25) is 0 Å². The van der Waals surface area contributed by atoms with Gasteiger partial charge in [0.1, 0.15) is 6.26 Å². The van der Waals surface area contributed by atoms with Crippen LogP contribution in [0.25, 0.3) is 0 Å². The van der Waals surface area contributed by atoms with Crippen LogP contribution in [0.4, 0.5) is 6.01 Å². The lowest BCUT2D eigenvalue weighted by Crippen LogP contribution is -2.15. The Morgan fingerprint density at radius 1 is 1.62 bits per heavy atom. The molecule has 0 unspecified atom stereocenters. The van der Waals surface area contributed by atoms with Crippen LogP contribution in [0, 0.1) is 0 Å². The molecule has 0 saturated carbocycles. The van der Waals surface area contributed by atoms with E-state index in [2.05, 4.69) is 22.5 Å². The Morgan fingerprint density at radius 3 is 3.06 bits per heavy atom. The highest BCUT2D eigenvalue weighted by Gasteiger charge is 2.16. The number of nitrogens with zero attached hydrogens (tertiary/aromatic N) is 1. The lowest BCUT2D eigenvalue weighted by molar-refractivity contribution is 0.0519. The topological polar surface area (TPSA) is 64.4 Å². The zero-order chi connectivity index (χ0) is 11.4. The van der Waals surface area contributed by atoms with Crippen molar-refractivity contribution in [2.75, 3.05) is 11.9 Å². The maximum atomic E-state index is 11.3. The minimum absolute atomic E-state index is 0.204. The maximum Gasteiger partial charge on any atom is 0.360 e. The van der Waals surface area contributed by atoms with Gasteiger partial charge in [-0.3, -0.25) is 0 Å². The summed E-state index contributed by atoms with van der Waals surface area (Å²) in [6.07, 6.45) is 7.43. The molecule has 1 aromatic rings. The van der Waals surface area contributed by atoms with Gasteiger partial charge >= 0.3 is 5.97 Å². The molecular weight excluding hydrogens is 208 g/mol. The standard InChI is InChI=1S/C11H14N2O3/c1-2-15-10(14)9-7-16-11(13-9)12-8-5-3-4-6-8/h3-4,7-8H,2,5-6H2,1H3,(H,12,13). The summed E-state index contributed by atoms with van der Waals surface area (Å²) >= 11 is 0. The van der Waals surface area contributed by atoms with Crippen LogP contribution in [0.1, 0.15) is 30.3 Å². The van der Waals surface area contributed by atoms with E-state index in [0.29, 0.717) is 18.7 Å². The van der Waals surface area contributed by atoms with Crippen molar-refractivity contribution in [3.63, 3.8) is 0 Å². The summed E-state index contributed by atoms with van der Waals surface area (Å²) in [5, 5.41) is 3.11. The summed E-state index contributed by atoms with van der Waals surface area (Å²) in [5.74, 6) is -0.455. The van der Waals surface area contributed by atoms with Crippen molar-refractivity contribution >= 4 is 12.0 Å². The van der Waals surface area contributed by atoms with Crippen molar-refractivity contribution < 1.29 is 13.9 Å². The summed E-state index contributed by atoms with van der Waals surface area (Å²) in [6, 6.07) is 0.686. The number of nitrogens with one attached hydrogen (secondary N) is 1. The third-order valence-corrected chi connectivity index (χ3v) is 2.32. The van der Waals surface area contributed by atoms with Gasteiger partial charge in [-0.25, -0.2) is 4.79 Å². The second-order valence-electron chi connectivity index (χ2n) is 3.54. The van der Waals surface area contributed by atoms with Gasteiger partial charge in [0, 0.05) is 6.04 Å². The Hall–Kier alpha value is -1.78. The minimum atomic E-state index is -0.455. The maximum absolute atomic E-state index is 11.3. The van der Waals surface area contributed by atoms with Crippen molar-refractivity contribution in [3.05, 3.63) is 24.1 Å². The Kier molecular flexibility index (Phi) is 3.24. The van der Waals surface area contributed by atoms with Crippen molar-refractivity contribution in [1.29, 1.82) is 0 Å². The van der Waals surface area contributed by atoms with Crippen molar-refractivity contribution in [3.8, 4) is 0 Å². The number of esters is 1. The molecule has 0 bridgehead atoms. The molecule has 1 N–H and O–H groups in total. The number of aromatic nitrogens is 1. The van der Waals surface area contributed by atoms with Gasteiger partial charge < -0.3 is 14.5 Å². The summed E-state index contributed by atoms with van der Waals surface area (Å²) in [4.78, 5) is 15.3. The highest BCUT2D eigenvalue weighted by atomic mass is 16.5. The van der Waals surface area contributed by atoms with Crippen LogP contribution in [-0.2, 0) is 4.74 Å². The van der Waals surface area contributed by atoms with Crippen LogP contribution >= 0.6 is 0 Å². The quantitative estimate of drug-likeness (QED) is 0.623. The fourth-order valence-corrected chi connectivity index (χ4v) is 1.55. The Balaban J connectivity index is 1.93. The molecule has 5 heteroatoms. The summed E-state index contributed by atoms with van der Waals surface area (Å²) in [7, 11) is 0. The van der Waals surface area contributed by atoms with Crippen molar-refractivity contribution in [2.24, 2.45) is 0 Å². The number of hydrogen-bond donors (Lipinski definition) is 1. The Labute approximate surface area is 93.5 Å². The zero-order valence-corrected chi connectivity index (χ0v) is 9.10. The van der Waals surface area contributed by atoms with Gasteiger partial charge in [-0.2, -0.15) is 4.98 Å². The number of carbonyl (C=O) groups is 1. The van der Waals surface area contributed by atoms with E-state index in [-0.39, 0.29) is 5.69 Å². The van der Waals surface area contributed by atoms with E-state index in [1.165, 1.54) is 6.26 Å². The Bertz CT molecular complexity index is 390. The molecule has 1 heterocycles. The van der Waals surface area contributed by atoms with Gasteiger partial charge in [-0.1, -0.05) is 12.2 Å². The van der Waals surface area contributed by atoms with E-state index in [0.717, 1.165) is 12.8 Å². The van der Waals surface area contributed by atoms with Gasteiger partial charge in [0.2, 0.25) is 0 Å². The van der Waals surface area contributed by atoms with Gasteiger partial charge in [0.25, 0.3) is 6.01 Å². The summed E-state index contributed by atoms with van der Waals surface area (Å²) in [5.41, 5.74) is 0.204. The molecule has 0 fully saturated rings. The van der Waals surface area contributed by atoms with E-state index < -0.39 is 5.97 Å². The van der Waals surface area contributed by atoms with E-state index in [1.807, 2.05) is 0 Å². The summed E-state index contributed by atoms with van der Waals surface area (Å²) in [6.45, 7) is 2.09. The number of ether oxygens (including phenoxy) is 1. The molecule has 0 aromatic carbocycles. The lowest BCUT2D eigenvalue weighted by atomic mass is 10.2. The van der Waals surface area contributed by atoms with Crippen LogP contribution in [0.3, 0.4) is 0 Å². The first-order valence-corrected chi connectivity index (χ1v) is 5.33. The van der Waals surface area contributed by atoms with Crippen molar-refractivity contribution in [2.45, 2.75) is 25.8 Å².